The number of carbonyl (C=O) groups is 1. The number of rotatable bonds is 3. The maximum absolute atomic E-state index is 11.4. The summed E-state index contributed by atoms with van der Waals surface area (Å²) >= 11 is 0. The van der Waals surface area contributed by atoms with Gasteiger partial charge in [0.1, 0.15) is 6.10 Å². The van der Waals surface area contributed by atoms with Crippen LogP contribution >= 0.6 is 0 Å². The van der Waals surface area contributed by atoms with Crippen LogP contribution in [0.15, 0.2) is 30.3 Å². The van der Waals surface area contributed by atoms with Crippen LogP contribution in [0, 0.1) is 0 Å². The molecule has 1 saturated heterocycles. The van der Waals surface area contributed by atoms with Gasteiger partial charge in [-0.05, 0) is 36.0 Å². The molecule has 2 fully saturated rings. The lowest BCUT2D eigenvalue weighted by molar-refractivity contribution is -0.156. The lowest BCUT2D eigenvalue weighted by Gasteiger charge is -2.23. The van der Waals surface area contributed by atoms with Crippen LogP contribution in [0.4, 0.5) is 0 Å². The van der Waals surface area contributed by atoms with Crippen molar-refractivity contribution < 1.29 is 14.6 Å². The monoisotopic (exact) mass is 314 g/mol. The van der Waals surface area contributed by atoms with Crippen molar-refractivity contribution in [2.24, 2.45) is 0 Å². The predicted molar refractivity (Wildman–Crippen MR) is 91.0 cm³/mol. The molecule has 1 aromatic rings. The van der Waals surface area contributed by atoms with Gasteiger partial charge in [-0.1, -0.05) is 56.0 Å². The van der Waals surface area contributed by atoms with Gasteiger partial charge in [0.15, 0.2) is 0 Å². The van der Waals surface area contributed by atoms with Crippen LogP contribution in [0.2, 0.25) is 0 Å². The molecule has 0 bridgehead atoms. The molecule has 0 spiro atoms. The second kappa shape index (κ2) is 7.78. The summed E-state index contributed by atoms with van der Waals surface area (Å²) in [5.41, 5.74) is 2.63. The Bertz CT molecular complexity index is 556. The minimum atomic E-state index is -0.581. The standard InChI is InChI=1S/C20H26O3/c21-17-13-18(23-20(22)14-17)12-11-16-9-5-6-10-19(16)15-7-3-1-2-4-8-15/h5-6,9-12,15,17-18,21H,1-4,7-8,13-14H2/b12-11+. The minimum Gasteiger partial charge on any atom is -0.458 e. The third kappa shape index (κ3) is 4.44. The van der Waals surface area contributed by atoms with E-state index in [1.165, 1.54) is 49.7 Å². The number of benzene rings is 1. The molecule has 1 N–H and O–H groups in total. The Labute approximate surface area is 138 Å². The molecular weight excluding hydrogens is 288 g/mol. The molecule has 1 saturated carbocycles. The Morgan fingerprint density at radius 2 is 1.83 bits per heavy atom. The number of carbonyl (C=O) groups excluding carboxylic acids is 1. The molecule has 1 aliphatic heterocycles. The molecule has 1 aromatic carbocycles. The molecule has 3 nitrogen and oxygen atoms in total. The van der Waals surface area contributed by atoms with Crippen molar-refractivity contribution in [2.75, 3.05) is 0 Å². The molecule has 23 heavy (non-hydrogen) atoms. The summed E-state index contributed by atoms with van der Waals surface area (Å²) in [6.07, 6.45) is 11.6. The number of hydrogen-bond donors (Lipinski definition) is 1. The zero-order chi connectivity index (χ0) is 16.1. The minimum absolute atomic E-state index is 0.114. The molecule has 2 aliphatic rings. The first-order chi connectivity index (χ1) is 11.2. The molecule has 1 aliphatic carbocycles. The second-order valence-corrected chi connectivity index (χ2v) is 6.80. The highest BCUT2D eigenvalue weighted by molar-refractivity contribution is 5.71. The van der Waals surface area contributed by atoms with Crippen molar-refractivity contribution >= 4 is 12.0 Å². The van der Waals surface area contributed by atoms with Gasteiger partial charge in [-0.2, -0.15) is 0 Å². The van der Waals surface area contributed by atoms with Crippen LogP contribution in [0.25, 0.3) is 6.08 Å². The Balaban J connectivity index is 1.74. The summed E-state index contributed by atoms with van der Waals surface area (Å²) in [7, 11) is 0. The van der Waals surface area contributed by atoms with Crippen LogP contribution in [0.3, 0.4) is 0 Å². The molecule has 1 heterocycles. The molecule has 124 valence electrons. The average molecular weight is 314 g/mol. The van der Waals surface area contributed by atoms with Crippen LogP contribution in [-0.4, -0.2) is 23.3 Å². The average Bonchev–Trinajstić information content (AvgIpc) is 2.81. The smallest absolute Gasteiger partial charge is 0.309 e. The van der Waals surface area contributed by atoms with E-state index in [0.717, 1.165) is 0 Å². The van der Waals surface area contributed by atoms with Gasteiger partial charge in [-0.3, -0.25) is 4.79 Å². The fraction of sp³-hybridized carbons (Fsp3) is 0.550. The largest absolute Gasteiger partial charge is 0.458 e. The second-order valence-electron chi connectivity index (χ2n) is 6.80. The predicted octanol–water partition coefficient (Wildman–Crippen LogP) is 4.20. The van der Waals surface area contributed by atoms with Gasteiger partial charge in [0.25, 0.3) is 0 Å². The van der Waals surface area contributed by atoms with E-state index in [9.17, 15) is 9.90 Å². The molecule has 2 atom stereocenters. The Morgan fingerprint density at radius 1 is 1.09 bits per heavy atom. The Morgan fingerprint density at radius 3 is 2.57 bits per heavy atom. The molecule has 0 radical (unpaired) electrons. The maximum Gasteiger partial charge on any atom is 0.309 e. The third-order valence-corrected chi connectivity index (χ3v) is 4.97. The molecular formula is C20H26O3. The highest BCUT2D eigenvalue weighted by atomic mass is 16.5. The van der Waals surface area contributed by atoms with E-state index in [0.29, 0.717) is 12.3 Å². The normalized spacial score (nSPS) is 26.9. The number of aliphatic hydroxyl groups is 1. The van der Waals surface area contributed by atoms with Crippen LogP contribution < -0.4 is 0 Å². The van der Waals surface area contributed by atoms with Crippen LogP contribution in [-0.2, 0) is 9.53 Å². The SMILES string of the molecule is O=C1CC(O)CC(/C=C/c2ccccc2C2CCCCCC2)O1. The lowest BCUT2D eigenvalue weighted by Crippen LogP contribution is -2.31. The number of aliphatic hydroxyl groups excluding tert-OH is 1. The van der Waals surface area contributed by atoms with E-state index in [4.69, 9.17) is 4.74 Å². The summed E-state index contributed by atoms with van der Waals surface area (Å²) in [5, 5.41) is 9.70. The van der Waals surface area contributed by atoms with Gasteiger partial charge < -0.3 is 9.84 Å². The van der Waals surface area contributed by atoms with Gasteiger partial charge in [0.2, 0.25) is 0 Å². The quantitative estimate of drug-likeness (QED) is 0.671. The van der Waals surface area contributed by atoms with E-state index < -0.39 is 6.10 Å². The molecule has 0 amide bonds. The Hall–Kier alpha value is -1.61. The lowest BCUT2D eigenvalue weighted by atomic mass is 9.88. The molecule has 0 aromatic heterocycles. The fourth-order valence-electron chi connectivity index (χ4n) is 3.76. The molecule has 3 heteroatoms. The highest BCUT2D eigenvalue weighted by Gasteiger charge is 2.25. The van der Waals surface area contributed by atoms with Gasteiger partial charge in [0, 0.05) is 6.42 Å². The van der Waals surface area contributed by atoms with E-state index >= 15 is 0 Å². The number of cyclic esters (lactones) is 1. The van der Waals surface area contributed by atoms with E-state index in [1.807, 2.05) is 6.08 Å². The first-order valence-corrected chi connectivity index (χ1v) is 8.87. The highest BCUT2D eigenvalue weighted by Crippen LogP contribution is 2.34. The van der Waals surface area contributed by atoms with E-state index in [1.54, 1.807) is 0 Å². The van der Waals surface area contributed by atoms with Crippen molar-refractivity contribution in [3.63, 3.8) is 0 Å². The van der Waals surface area contributed by atoms with Gasteiger partial charge in [0.05, 0.1) is 12.5 Å². The van der Waals surface area contributed by atoms with E-state index in [-0.39, 0.29) is 18.5 Å². The van der Waals surface area contributed by atoms with Gasteiger partial charge in [-0.25, -0.2) is 0 Å². The summed E-state index contributed by atoms with van der Waals surface area (Å²) < 4.78 is 5.30. The molecule has 2 unspecified atom stereocenters. The fourth-order valence-corrected chi connectivity index (χ4v) is 3.76. The first kappa shape index (κ1) is 16.3. The number of ether oxygens (including phenoxy) is 1. The summed E-state index contributed by atoms with van der Waals surface area (Å²) in [4.78, 5) is 11.4. The Kier molecular flexibility index (Phi) is 5.50. The van der Waals surface area contributed by atoms with Crippen molar-refractivity contribution in [1.29, 1.82) is 0 Å². The van der Waals surface area contributed by atoms with Crippen molar-refractivity contribution in [3.05, 3.63) is 41.5 Å². The third-order valence-electron chi connectivity index (χ3n) is 4.97. The van der Waals surface area contributed by atoms with Gasteiger partial charge >= 0.3 is 5.97 Å². The zero-order valence-corrected chi connectivity index (χ0v) is 13.6. The number of hydrogen-bond acceptors (Lipinski definition) is 3. The molecule has 3 rings (SSSR count). The number of esters is 1. The zero-order valence-electron chi connectivity index (χ0n) is 13.6. The summed E-state index contributed by atoms with van der Waals surface area (Å²) in [6.45, 7) is 0. The summed E-state index contributed by atoms with van der Waals surface area (Å²) in [5.74, 6) is 0.327. The topological polar surface area (TPSA) is 46.5 Å². The van der Waals surface area contributed by atoms with Crippen molar-refractivity contribution in [3.8, 4) is 0 Å². The van der Waals surface area contributed by atoms with Crippen molar-refractivity contribution in [1.82, 2.24) is 0 Å². The first-order valence-electron chi connectivity index (χ1n) is 8.87. The van der Waals surface area contributed by atoms with Crippen LogP contribution in [0.5, 0.6) is 0 Å². The summed E-state index contributed by atoms with van der Waals surface area (Å²) in [6, 6.07) is 8.54. The van der Waals surface area contributed by atoms with Crippen molar-refractivity contribution in [2.45, 2.75) is 69.5 Å². The maximum atomic E-state index is 11.4. The van der Waals surface area contributed by atoms with E-state index in [2.05, 4.69) is 30.3 Å². The van der Waals surface area contributed by atoms with Gasteiger partial charge in [-0.15, -0.1) is 0 Å². The van der Waals surface area contributed by atoms with Crippen LogP contribution in [0.1, 0.15) is 68.4 Å².